The van der Waals surface area contributed by atoms with E-state index < -0.39 is 0 Å². The Hall–Kier alpha value is -1.18. The number of likely N-dealkylation sites (N-methyl/N-ethyl adjacent to an activating group) is 1. The van der Waals surface area contributed by atoms with Gasteiger partial charge >= 0.3 is 0 Å². The van der Waals surface area contributed by atoms with Crippen LogP contribution < -0.4 is 10.6 Å². The highest BCUT2D eigenvalue weighted by Crippen LogP contribution is 2.10. The van der Waals surface area contributed by atoms with Crippen molar-refractivity contribution in [1.82, 2.24) is 25.4 Å². The van der Waals surface area contributed by atoms with Crippen LogP contribution in [0.15, 0.2) is 11.2 Å². The van der Waals surface area contributed by atoms with Gasteiger partial charge in [-0.3, -0.25) is 4.99 Å². The first-order valence-corrected chi connectivity index (χ1v) is 10.3. The Morgan fingerprint density at radius 3 is 2.92 bits per heavy atom. The van der Waals surface area contributed by atoms with E-state index in [1.807, 2.05) is 6.20 Å². The minimum Gasteiger partial charge on any atom is -0.357 e. The summed E-state index contributed by atoms with van der Waals surface area (Å²) >= 11 is 1.77. The summed E-state index contributed by atoms with van der Waals surface area (Å²) in [6.45, 7) is 12.8. The molecule has 1 aromatic rings. The van der Waals surface area contributed by atoms with Crippen molar-refractivity contribution in [2.24, 2.45) is 4.99 Å². The fourth-order valence-corrected chi connectivity index (χ4v) is 3.74. The predicted octanol–water partition coefficient (Wildman–Crippen LogP) is 1.58. The molecule has 1 fully saturated rings. The average molecular weight is 367 g/mol. The number of nitrogens with zero attached hydrogens (tertiary/aromatic N) is 4. The van der Waals surface area contributed by atoms with Gasteiger partial charge in [-0.15, -0.1) is 11.3 Å². The molecule has 2 N–H and O–H groups in total. The molecular weight excluding hydrogens is 332 g/mol. The van der Waals surface area contributed by atoms with E-state index in [0.29, 0.717) is 0 Å². The van der Waals surface area contributed by atoms with Crippen molar-refractivity contribution in [2.75, 3.05) is 59.4 Å². The van der Waals surface area contributed by atoms with E-state index in [2.05, 4.69) is 46.3 Å². The topological polar surface area (TPSA) is 55.8 Å². The number of aromatic nitrogens is 1. The van der Waals surface area contributed by atoms with Crippen molar-refractivity contribution in [3.8, 4) is 0 Å². The van der Waals surface area contributed by atoms with Crippen LogP contribution in [0.1, 0.15) is 29.7 Å². The monoisotopic (exact) mass is 366 g/mol. The Morgan fingerprint density at radius 1 is 1.28 bits per heavy atom. The van der Waals surface area contributed by atoms with Gasteiger partial charge in [-0.2, -0.15) is 0 Å². The van der Waals surface area contributed by atoms with Gasteiger partial charge in [0.2, 0.25) is 0 Å². The Bertz CT molecular complexity index is 515. The number of aryl methyl sites for hydroxylation is 1. The number of nitrogens with one attached hydrogen (secondary N) is 2. The average Bonchev–Trinajstić information content (AvgIpc) is 2.89. The van der Waals surface area contributed by atoms with Crippen LogP contribution in [-0.2, 0) is 6.42 Å². The lowest BCUT2D eigenvalue weighted by Crippen LogP contribution is -2.38. The van der Waals surface area contributed by atoms with Crippen molar-refractivity contribution in [1.29, 1.82) is 0 Å². The zero-order valence-corrected chi connectivity index (χ0v) is 16.9. The Labute approximate surface area is 156 Å². The van der Waals surface area contributed by atoms with Gasteiger partial charge in [0.05, 0.1) is 5.01 Å². The molecule has 6 nitrogen and oxygen atoms in total. The third-order valence-electron chi connectivity index (χ3n) is 4.36. The SMILES string of the molecule is CCNC(=NCCCN1CCCN(C)CC1)NCCc1ncc(C)s1. The molecule has 7 heteroatoms. The lowest BCUT2D eigenvalue weighted by molar-refractivity contribution is 0.275. The Kier molecular flexibility index (Phi) is 9.21. The lowest BCUT2D eigenvalue weighted by Gasteiger charge is -2.19. The highest BCUT2D eigenvalue weighted by Gasteiger charge is 2.11. The minimum absolute atomic E-state index is 0.872. The molecule has 0 radical (unpaired) electrons. The third-order valence-corrected chi connectivity index (χ3v) is 5.33. The van der Waals surface area contributed by atoms with E-state index in [4.69, 9.17) is 4.99 Å². The summed E-state index contributed by atoms with van der Waals surface area (Å²) < 4.78 is 0. The van der Waals surface area contributed by atoms with Crippen LogP contribution in [0.3, 0.4) is 0 Å². The molecule has 0 atom stereocenters. The number of guanidine groups is 1. The van der Waals surface area contributed by atoms with Crippen molar-refractivity contribution >= 4 is 17.3 Å². The summed E-state index contributed by atoms with van der Waals surface area (Å²) in [6, 6.07) is 0. The second kappa shape index (κ2) is 11.4. The van der Waals surface area contributed by atoms with Crippen LogP contribution in [0.2, 0.25) is 0 Å². The zero-order chi connectivity index (χ0) is 17.9. The van der Waals surface area contributed by atoms with E-state index >= 15 is 0 Å². The zero-order valence-electron chi connectivity index (χ0n) is 16.1. The molecule has 0 amide bonds. The van der Waals surface area contributed by atoms with Crippen molar-refractivity contribution in [2.45, 2.75) is 33.1 Å². The quantitative estimate of drug-likeness (QED) is 0.416. The molecule has 0 aliphatic carbocycles. The highest BCUT2D eigenvalue weighted by atomic mass is 32.1. The van der Waals surface area contributed by atoms with Gasteiger partial charge in [-0.25, -0.2) is 4.98 Å². The molecular formula is C18H34N6S. The first-order valence-electron chi connectivity index (χ1n) is 9.51. The fourth-order valence-electron chi connectivity index (χ4n) is 2.96. The van der Waals surface area contributed by atoms with E-state index in [1.54, 1.807) is 11.3 Å². The normalized spacial score (nSPS) is 17.5. The fraction of sp³-hybridized carbons (Fsp3) is 0.778. The first kappa shape index (κ1) is 20.1. The molecule has 1 aliphatic rings. The molecule has 1 saturated heterocycles. The number of hydrogen-bond acceptors (Lipinski definition) is 5. The van der Waals surface area contributed by atoms with Crippen LogP contribution in [0.25, 0.3) is 0 Å². The van der Waals surface area contributed by atoms with Gasteiger partial charge in [-0.05, 0) is 53.4 Å². The maximum atomic E-state index is 4.71. The summed E-state index contributed by atoms with van der Waals surface area (Å²) in [5.74, 6) is 0.923. The third kappa shape index (κ3) is 8.16. The highest BCUT2D eigenvalue weighted by molar-refractivity contribution is 7.11. The number of aliphatic imine (C=N–C) groups is 1. The van der Waals surface area contributed by atoms with Gasteiger partial charge in [0, 0.05) is 50.2 Å². The van der Waals surface area contributed by atoms with Crippen molar-refractivity contribution < 1.29 is 0 Å². The molecule has 0 spiro atoms. The summed E-state index contributed by atoms with van der Waals surface area (Å²) in [5, 5.41) is 7.93. The number of rotatable bonds is 8. The molecule has 0 aromatic carbocycles. The van der Waals surface area contributed by atoms with Gasteiger partial charge in [0.1, 0.15) is 0 Å². The van der Waals surface area contributed by atoms with Crippen molar-refractivity contribution in [3.05, 3.63) is 16.1 Å². The molecule has 0 unspecified atom stereocenters. The molecule has 1 aliphatic heterocycles. The Balaban J connectivity index is 1.66. The Morgan fingerprint density at radius 2 is 2.16 bits per heavy atom. The smallest absolute Gasteiger partial charge is 0.191 e. The molecule has 142 valence electrons. The molecule has 0 saturated carbocycles. The standard InChI is InChI=1S/C18H34N6S/c1-4-19-18(21-9-7-17-22-15-16(2)25-17)20-8-5-11-24-12-6-10-23(3)13-14-24/h15H,4-14H2,1-3H3,(H2,19,20,21). The van der Waals surface area contributed by atoms with Gasteiger partial charge < -0.3 is 20.4 Å². The van der Waals surface area contributed by atoms with Crippen LogP contribution in [-0.4, -0.2) is 80.1 Å². The van der Waals surface area contributed by atoms with Crippen LogP contribution in [0.5, 0.6) is 0 Å². The summed E-state index contributed by atoms with van der Waals surface area (Å²) in [5.41, 5.74) is 0. The second-order valence-electron chi connectivity index (χ2n) is 6.65. The summed E-state index contributed by atoms with van der Waals surface area (Å²) in [6.07, 6.45) is 5.29. The maximum absolute atomic E-state index is 4.71. The number of thiazole rings is 1. The molecule has 2 rings (SSSR count). The van der Waals surface area contributed by atoms with E-state index in [0.717, 1.165) is 45.0 Å². The molecule has 0 bridgehead atoms. The number of hydrogen-bond donors (Lipinski definition) is 2. The van der Waals surface area contributed by atoms with Gasteiger partial charge in [-0.1, -0.05) is 0 Å². The molecule has 25 heavy (non-hydrogen) atoms. The minimum atomic E-state index is 0.872. The molecule has 1 aromatic heterocycles. The van der Waals surface area contributed by atoms with Crippen LogP contribution >= 0.6 is 11.3 Å². The van der Waals surface area contributed by atoms with Gasteiger partial charge in [0.15, 0.2) is 5.96 Å². The van der Waals surface area contributed by atoms with Crippen LogP contribution in [0.4, 0.5) is 0 Å². The van der Waals surface area contributed by atoms with E-state index in [-0.39, 0.29) is 0 Å². The first-order chi connectivity index (χ1) is 12.2. The maximum Gasteiger partial charge on any atom is 0.191 e. The van der Waals surface area contributed by atoms with Crippen molar-refractivity contribution in [3.63, 3.8) is 0 Å². The second-order valence-corrected chi connectivity index (χ2v) is 7.97. The van der Waals surface area contributed by atoms with Gasteiger partial charge in [0.25, 0.3) is 0 Å². The van der Waals surface area contributed by atoms with E-state index in [9.17, 15) is 0 Å². The predicted molar refractivity (Wildman–Crippen MR) is 108 cm³/mol. The largest absolute Gasteiger partial charge is 0.357 e. The summed E-state index contributed by atoms with van der Waals surface area (Å²) in [4.78, 5) is 15.4. The lowest BCUT2D eigenvalue weighted by atomic mass is 10.3. The van der Waals surface area contributed by atoms with Crippen LogP contribution in [0, 0.1) is 6.92 Å². The van der Waals surface area contributed by atoms with E-state index in [1.165, 1.54) is 42.5 Å². The summed E-state index contributed by atoms with van der Waals surface area (Å²) in [7, 11) is 2.22. The molecule has 2 heterocycles.